The predicted molar refractivity (Wildman–Crippen MR) is 149 cm³/mol. The number of ether oxygens (including phenoxy) is 1. The number of thiazole rings is 1. The molecular weight excluding hydrogens is 560 g/mol. The molecule has 1 N–H and O–H groups in total. The topological polar surface area (TPSA) is 120 Å². The SMILES string of the molecule is CC1=C(C(=O)OC(C)C)[C@@H](c2ccc(Cl)cc2)n2c(s/c(=C/c3ccc(Sc4nc(C)cc(=O)[nH]4)o3)c2=O)=N1. The first-order valence-corrected chi connectivity index (χ1v) is 13.9. The number of aromatic amines is 1. The zero-order chi connectivity index (χ0) is 27.8. The molecule has 4 heterocycles. The third kappa shape index (κ3) is 5.70. The van der Waals surface area contributed by atoms with Crippen molar-refractivity contribution in [2.45, 2.75) is 50.1 Å². The number of esters is 1. The zero-order valence-corrected chi connectivity index (χ0v) is 23.7. The lowest BCUT2D eigenvalue weighted by atomic mass is 9.96. The number of furan rings is 1. The number of carbonyl (C=O) groups excluding carboxylic acids is 1. The minimum absolute atomic E-state index is 0.250. The summed E-state index contributed by atoms with van der Waals surface area (Å²) in [7, 11) is 0. The van der Waals surface area contributed by atoms with Gasteiger partial charge in [-0.25, -0.2) is 14.8 Å². The van der Waals surface area contributed by atoms with Crippen molar-refractivity contribution in [3.05, 3.63) is 106 Å². The molecule has 200 valence electrons. The van der Waals surface area contributed by atoms with Crippen molar-refractivity contribution >= 4 is 46.7 Å². The Hall–Kier alpha value is -3.67. The Bertz CT molecular complexity index is 1850. The maximum atomic E-state index is 13.7. The number of hydrogen-bond acceptors (Lipinski definition) is 9. The monoisotopic (exact) mass is 582 g/mol. The minimum atomic E-state index is -0.737. The van der Waals surface area contributed by atoms with Crippen molar-refractivity contribution in [3.63, 3.8) is 0 Å². The standard InChI is InChI=1S/C27H23ClN4O5S2/c1-13(2)36-25(35)22-15(4)30-27-32(23(22)16-5-7-17(28)8-6-16)24(34)19(38-27)12-18-9-10-21(37-18)39-26-29-14(3)11-20(33)31-26/h5-13,23H,1-4H3,(H,29,31,33)/b19-12+/t23-/m1/s1. The van der Waals surface area contributed by atoms with Crippen LogP contribution in [0.5, 0.6) is 0 Å². The van der Waals surface area contributed by atoms with Crippen LogP contribution < -0.4 is 20.5 Å². The lowest BCUT2D eigenvalue weighted by Gasteiger charge is -2.25. The Kier molecular flexibility index (Phi) is 7.48. The molecule has 9 nitrogen and oxygen atoms in total. The van der Waals surface area contributed by atoms with Gasteiger partial charge >= 0.3 is 5.97 Å². The van der Waals surface area contributed by atoms with E-state index in [1.165, 1.54) is 33.7 Å². The van der Waals surface area contributed by atoms with E-state index in [9.17, 15) is 14.4 Å². The molecule has 0 spiro atoms. The van der Waals surface area contributed by atoms with E-state index in [0.717, 1.165) is 0 Å². The fourth-order valence-electron chi connectivity index (χ4n) is 4.11. The summed E-state index contributed by atoms with van der Waals surface area (Å²) in [5.41, 5.74) is 1.49. The molecule has 1 atom stereocenters. The van der Waals surface area contributed by atoms with Gasteiger partial charge in [-0.05, 0) is 69.3 Å². The molecule has 0 saturated heterocycles. The Morgan fingerprint density at radius 1 is 1.21 bits per heavy atom. The fourth-order valence-corrected chi connectivity index (χ4v) is 6.07. The number of aromatic nitrogens is 3. The largest absolute Gasteiger partial charge is 0.459 e. The van der Waals surface area contributed by atoms with Gasteiger partial charge in [0, 0.05) is 22.9 Å². The summed E-state index contributed by atoms with van der Waals surface area (Å²) in [6, 6.07) is 11.1. The van der Waals surface area contributed by atoms with Crippen molar-refractivity contribution < 1.29 is 13.9 Å². The highest BCUT2D eigenvalue weighted by atomic mass is 35.5. The van der Waals surface area contributed by atoms with Crippen molar-refractivity contribution in [1.29, 1.82) is 0 Å². The van der Waals surface area contributed by atoms with Crippen LogP contribution in [0.2, 0.25) is 5.02 Å². The van der Waals surface area contributed by atoms with Gasteiger partial charge in [0.15, 0.2) is 15.1 Å². The number of hydrogen-bond donors (Lipinski definition) is 1. The van der Waals surface area contributed by atoms with Gasteiger partial charge in [0.2, 0.25) is 0 Å². The first-order valence-electron chi connectivity index (χ1n) is 11.9. The van der Waals surface area contributed by atoms with Crippen LogP contribution in [0.3, 0.4) is 0 Å². The summed E-state index contributed by atoms with van der Waals surface area (Å²) in [6.45, 7) is 7.00. The van der Waals surface area contributed by atoms with Crippen LogP contribution in [0, 0.1) is 6.92 Å². The summed E-state index contributed by atoms with van der Waals surface area (Å²) in [6.07, 6.45) is 1.29. The van der Waals surface area contributed by atoms with Gasteiger partial charge in [0.1, 0.15) is 5.76 Å². The molecule has 0 saturated carbocycles. The van der Waals surface area contributed by atoms with Gasteiger partial charge in [-0.2, -0.15) is 0 Å². The fraction of sp³-hybridized carbons (Fsp3) is 0.222. The number of H-pyrrole nitrogens is 1. The average molecular weight is 583 g/mol. The number of nitrogens with zero attached hydrogens (tertiary/aromatic N) is 3. The molecular formula is C27H23ClN4O5S2. The van der Waals surface area contributed by atoms with Crippen molar-refractivity contribution in [2.24, 2.45) is 4.99 Å². The third-order valence-electron chi connectivity index (χ3n) is 5.69. The van der Waals surface area contributed by atoms with Crippen LogP contribution in [0.4, 0.5) is 0 Å². The zero-order valence-electron chi connectivity index (χ0n) is 21.4. The number of rotatable bonds is 6. The lowest BCUT2D eigenvalue weighted by molar-refractivity contribution is -0.143. The Labute approximate surface area is 235 Å². The van der Waals surface area contributed by atoms with Gasteiger partial charge in [-0.3, -0.25) is 14.2 Å². The molecule has 0 bridgehead atoms. The molecule has 39 heavy (non-hydrogen) atoms. The minimum Gasteiger partial charge on any atom is -0.459 e. The second-order valence-corrected chi connectivity index (χ2v) is 11.5. The maximum absolute atomic E-state index is 13.7. The van der Waals surface area contributed by atoms with Crippen molar-refractivity contribution in [2.75, 3.05) is 0 Å². The number of nitrogens with one attached hydrogen (secondary N) is 1. The van der Waals surface area contributed by atoms with Crippen molar-refractivity contribution in [1.82, 2.24) is 14.5 Å². The normalized spacial score (nSPS) is 15.4. The predicted octanol–water partition coefficient (Wildman–Crippen LogP) is 3.98. The van der Waals surface area contributed by atoms with Gasteiger partial charge in [-0.1, -0.05) is 35.1 Å². The molecule has 12 heteroatoms. The summed E-state index contributed by atoms with van der Waals surface area (Å²) in [4.78, 5) is 50.6. The molecule has 0 fully saturated rings. The van der Waals surface area contributed by atoms with E-state index in [1.54, 1.807) is 70.2 Å². The third-order valence-corrected chi connectivity index (χ3v) is 7.73. The van der Waals surface area contributed by atoms with Crippen LogP contribution in [0.15, 0.2) is 83.0 Å². The lowest BCUT2D eigenvalue weighted by Crippen LogP contribution is -2.40. The van der Waals surface area contributed by atoms with E-state index >= 15 is 0 Å². The number of fused-ring (bicyclic) bond motifs is 1. The van der Waals surface area contributed by atoms with Crippen LogP contribution in [-0.2, 0) is 9.53 Å². The first kappa shape index (κ1) is 26.9. The van der Waals surface area contributed by atoms with E-state index in [1.807, 2.05) is 0 Å². The van der Waals surface area contributed by atoms with Crippen LogP contribution in [-0.4, -0.2) is 26.6 Å². The van der Waals surface area contributed by atoms with Gasteiger partial charge in [0.25, 0.3) is 11.1 Å². The highest BCUT2D eigenvalue weighted by Crippen LogP contribution is 2.32. The second-order valence-electron chi connectivity index (χ2n) is 9.04. The summed E-state index contributed by atoms with van der Waals surface area (Å²) >= 11 is 8.48. The number of halogens is 1. The summed E-state index contributed by atoms with van der Waals surface area (Å²) in [5, 5.41) is 1.44. The molecule has 1 aromatic carbocycles. The molecule has 4 aromatic rings. The molecule has 3 aromatic heterocycles. The van der Waals surface area contributed by atoms with Gasteiger partial charge < -0.3 is 14.1 Å². The summed E-state index contributed by atoms with van der Waals surface area (Å²) < 4.78 is 13.3. The van der Waals surface area contributed by atoms with Crippen LogP contribution in [0.1, 0.15) is 43.8 Å². The molecule has 0 amide bonds. The highest BCUT2D eigenvalue weighted by molar-refractivity contribution is 7.99. The van der Waals surface area contributed by atoms with E-state index < -0.39 is 12.0 Å². The van der Waals surface area contributed by atoms with E-state index in [2.05, 4.69) is 15.0 Å². The van der Waals surface area contributed by atoms with Gasteiger partial charge in [0.05, 0.1) is 27.9 Å². The molecule has 1 aliphatic rings. The average Bonchev–Trinajstić information content (AvgIpc) is 3.41. The van der Waals surface area contributed by atoms with Crippen LogP contribution in [0.25, 0.3) is 6.08 Å². The number of aryl methyl sites for hydroxylation is 1. The maximum Gasteiger partial charge on any atom is 0.338 e. The van der Waals surface area contributed by atoms with Crippen LogP contribution >= 0.6 is 34.7 Å². The molecule has 0 radical (unpaired) electrons. The molecule has 5 rings (SSSR count). The number of carbonyl (C=O) groups is 1. The van der Waals surface area contributed by atoms with E-state index in [4.69, 9.17) is 20.8 Å². The second kappa shape index (κ2) is 10.8. The summed E-state index contributed by atoms with van der Waals surface area (Å²) in [5.74, 6) is -0.0908. The Balaban J connectivity index is 1.57. The molecule has 1 aliphatic heterocycles. The highest BCUT2D eigenvalue weighted by Gasteiger charge is 2.33. The smallest absolute Gasteiger partial charge is 0.338 e. The first-order chi connectivity index (χ1) is 18.6. The molecule has 0 unspecified atom stereocenters. The number of allylic oxidation sites excluding steroid dienone is 1. The quantitative estimate of drug-likeness (QED) is 0.270. The van der Waals surface area contributed by atoms with E-state index in [-0.39, 0.29) is 17.2 Å². The van der Waals surface area contributed by atoms with Crippen molar-refractivity contribution in [3.8, 4) is 0 Å². The Morgan fingerprint density at radius 3 is 2.64 bits per heavy atom. The molecule has 0 aliphatic carbocycles. The van der Waals surface area contributed by atoms with Gasteiger partial charge in [-0.15, -0.1) is 0 Å². The van der Waals surface area contributed by atoms with E-state index in [0.29, 0.717) is 52.9 Å². The number of benzene rings is 1. The Morgan fingerprint density at radius 2 is 1.95 bits per heavy atom.